The van der Waals surface area contributed by atoms with Crippen LogP contribution < -0.4 is 11.1 Å². The number of hydrogen-bond donors (Lipinski definition) is 3. The molecule has 4 N–H and O–H groups in total. The van der Waals surface area contributed by atoms with E-state index in [2.05, 4.69) is 21.9 Å². The molecule has 1 aromatic carbocycles. The molecule has 2 aromatic rings. The Hall–Kier alpha value is -2.56. The first-order valence-electron chi connectivity index (χ1n) is 6.36. The van der Waals surface area contributed by atoms with Gasteiger partial charge in [-0.2, -0.15) is 4.98 Å². The number of nitrogens with one attached hydrogen (secondary N) is 1. The van der Waals surface area contributed by atoms with Crippen LogP contribution in [0.5, 0.6) is 5.75 Å². The minimum absolute atomic E-state index is 0.253. The van der Waals surface area contributed by atoms with Gasteiger partial charge in [0.2, 0.25) is 5.95 Å². The Bertz CT molecular complexity index is 608. The van der Waals surface area contributed by atoms with Crippen LogP contribution in [-0.2, 0) is 13.0 Å². The van der Waals surface area contributed by atoms with Crippen molar-refractivity contribution in [2.45, 2.75) is 19.9 Å². The highest BCUT2D eigenvalue weighted by molar-refractivity contribution is 5.50. The van der Waals surface area contributed by atoms with Gasteiger partial charge in [0.05, 0.1) is 0 Å². The van der Waals surface area contributed by atoms with Gasteiger partial charge in [-0.1, -0.05) is 18.2 Å². The third kappa shape index (κ3) is 3.26. The minimum atomic E-state index is 0.253. The first-order valence-corrected chi connectivity index (χ1v) is 6.36. The molecule has 104 valence electrons. The molecule has 5 heteroatoms. The number of nitrogens with zero attached hydrogens (tertiary/aromatic N) is 2. The van der Waals surface area contributed by atoms with Crippen LogP contribution in [0.3, 0.4) is 0 Å². The fraction of sp³-hybridized carbons (Fsp3) is 0.200. The summed E-state index contributed by atoms with van der Waals surface area (Å²) in [6, 6.07) is 7.02. The first kappa shape index (κ1) is 13.9. The molecule has 0 unspecified atom stereocenters. The second kappa shape index (κ2) is 6.06. The number of rotatable bonds is 5. The molecule has 2 rings (SSSR count). The molecule has 0 radical (unpaired) electrons. The monoisotopic (exact) mass is 270 g/mol. The van der Waals surface area contributed by atoms with Crippen LogP contribution >= 0.6 is 0 Å². The lowest BCUT2D eigenvalue weighted by Gasteiger charge is -2.12. The average Bonchev–Trinajstić information content (AvgIpc) is 2.41. The van der Waals surface area contributed by atoms with Crippen LogP contribution in [0.25, 0.3) is 0 Å². The molecular weight excluding hydrogens is 252 g/mol. The normalized spacial score (nSPS) is 10.2. The van der Waals surface area contributed by atoms with Crippen LogP contribution in [0.4, 0.5) is 11.8 Å². The lowest BCUT2D eigenvalue weighted by atomic mass is 10.1. The SMILES string of the molecule is C=CCc1c(C)nc(N)nc1NCc1ccc(O)cc1. The molecule has 20 heavy (non-hydrogen) atoms. The number of phenolic OH excluding ortho intramolecular Hbond substituents is 1. The van der Waals surface area contributed by atoms with E-state index < -0.39 is 0 Å². The van der Waals surface area contributed by atoms with E-state index in [9.17, 15) is 5.11 Å². The van der Waals surface area contributed by atoms with E-state index in [0.717, 1.165) is 22.6 Å². The second-order valence-corrected chi connectivity index (χ2v) is 4.51. The molecule has 0 saturated carbocycles. The molecule has 0 bridgehead atoms. The zero-order valence-corrected chi connectivity index (χ0v) is 11.4. The smallest absolute Gasteiger partial charge is 0.222 e. The van der Waals surface area contributed by atoms with E-state index in [1.807, 2.05) is 25.1 Å². The zero-order valence-electron chi connectivity index (χ0n) is 11.4. The lowest BCUT2D eigenvalue weighted by molar-refractivity contribution is 0.475. The van der Waals surface area contributed by atoms with E-state index in [1.165, 1.54) is 0 Å². The van der Waals surface area contributed by atoms with Crippen molar-refractivity contribution in [1.82, 2.24) is 9.97 Å². The number of phenols is 1. The average molecular weight is 270 g/mol. The fourth-order valence-corrected chi connectivity index (χ4v) is 1.95. The lowest BCUT2D eigenvalue weighted by Crippen LogP contribution is -2.09. The molecule has 5 nitrogen and oxygen atoms in total. The summed E-state index contributed by atoms with van der Waals surface area (Å²) in [7, 11) is 0. The summed E-state index contributed by atoms with van der Waals surface area (Å²) >= 11 is 0. The highest BCUT2D eigenvalue weighted by atomic mass is 16.3. The molecule has 0 aliphatic heterocycles. The zero-order chi connectivity index (χ0) is 14.5. The van der Waals surface area contributed by atoms with Crippen LogP contribution in [0, 0.1) is 6.92 Å². The summed E-state index contributed by atoms with van der Waals surface area (Å²) in [4.78, 5) is 8.41. The molecule has 1 aromatic heterocycles. The number of nitrogens with two attached hydrogens (primary N) is 1. The van der Waals surface area contributed by atoms with E-state index in [0.29, 0.717) is 13.0 Å². The topological polar surface area (TPSA) is 84.1 Å². The molecule has 0 atom stereocenters. The van der Waals surface area contributed by atoms with Crippen molar-refractivity contribution in [1.29, 1.82) is 0 Å². The Kier molecular flexibility index (Phi) is 4.20. The minimum Gasteiger partial charge on any atom is -0.508 e. The molecule has 0 saturated heterocycles. The van der Waals surface area contributed by atoms with Gasteiger partial charge >= 0.3 is 0 Å². The van der Waals surface area contributed by atoms with Crippen molar-refractivity contribution in [2.24, 2.45) is 0 Å². The molecule has 1 heterocycles. The van der Waals surface area contributed by atoms with E-state index >= 15 is 0 Å². The number of hydrogen-bond acceptors (Lipinski definition) is 5. The second-order valence-electron chi connectivity index (χ2n) is 4.51. The van der Waals surface area contributed by atoms with Gasteiger partial charge < -0.3 is 16.2 Å². The van der Waals surface area contributed by atoms with Gasteiger partial charge in [0.15, 0.2) is 0 Å². The van der Waals surface area contributed by atoms with Crippen molar-refractivity contribution < 1.29 is 5.11 Å². The predicted molar refractivity (Wildman–Crippen MR) is 80.5 cm³/mol. The fourth-order valence-electron chi connectivity index (χ4n) is 1.95. The molecule has 0 aliphatic rings. The van der Waals surface area contributed by atoms with Gasteiger partial charge in [0.25, 0.3) is 0 Å². The Labute approximate surface area is 118 Å². The van der Waals surface area contributed by atoms with Gasteiger partial charge in [-0.05, 0) is 31.0 Å². The van der Waals surface area contributed by atoms with Crippen molar-refractivity contribution in [3.05, 3.63) is 53.7 Å². The molecular formula is C15H18N4O. The Morgan fingerprint density at radius 1 is 1.30 bits per heavy atom. The summed E-state index contributed by atoms with van der Waals surface area (Å²) in [6.45, 7) is 6.25. The van der Waals surface area contributed by atoms with Crippen LogP contribution in [0.2, 0.25) is 0 Å². The quantitative estimate of drug-likeness (QED) is 0.727. The maximum Gasteiger partial charge on any atom is 0.222 e. The van der Waals surface area contributed by atoms with Crippen molar-refractivity contribution in [3.63, 3.8) is 0 Å². The predicted octanol–water partition coefficient (Wildman–Crippen LogP) is 2.41. The summed E-state index contributed by atoms with van der Waals surface area (Å²) < 4.78 is 0. The Morgan fingerprint density at radius 3 is 2.65 bits per heavy atom. The summed E-state index contributed by atoms with van der Waals surface area (Å²) in [6.07, 6.45) is 2.50. The summed E-state index contributed by atoms with van der Waals surface area (Å²) in [5.74, 6) is 1.23. The summed E-state index contributed by atoms with van der Waals surface area (Å²) in [5, 5.41) is 12.5. The number of nitrogen functional groups attached to an aromatic ring is 1. The van der Waals surface area contributed by atoms with Crippen LogP contribution in [0.1, 0.15) is 16.8 Å². The van der Waals surface area contributed by atoms with Crippen LogP contribution in [-0.4, -0.2) is 15.1 Å². The van der Waals surface area contributed by atoms with Gasteiger partial charge in [0, 0.05) is 17.8 Å². The molecule has 0 spiro atoms. The number of aromatic hydroxyl groups is 1. The van der Waals surface area contributed by atoms with Gasteiger partial charge in [0.1, 0.15) is 11.6 Å². The standard InChI is InChI=1S/C15H18N4O/c1-3-4-13-10(2)18-15(16)19-14(13)17-9-11-5-7-12(20)8-6-11/h3,5-8,20H,1,4,9H2,2H3,(H3,16,17,18,19). The van der Waals surface area contributed by atoms with Gasteiger partial charge in [-0.3, -0.25) is 0 Å². The number of benzene rings is 1. The largest absolute Gasteiger partial charge is 0.508 e. The molecule has 0 fully saturated rings. The maximum atomic E-state index is 9.26. The van der Waals surface area contributed by atoms with E-state index in [4.69, 9.17) is 5.73 Å². The van der Waals surface area contributed by atoms with Gasteiger partial charge in [-0.25, -0.2) is 4.98 Å². The van der Waals surface area contributed by atoms with Crippen molar-refractivity contribution in [2.75, 3.05) is 11.1 Å². The van der Waals surface area contributed by atoms with Crippen molar-refractivity contribution in [3.8, 4) is 5.75 Å². The number of anilines is 2. The molecule has 0 aliphatic carbocycles. The van der Waals surface area contributed by atoms with Crippen molar-refractivity contribution >= 4 is 11.8 Å². The van der Waals surface area contributed by atoms with E-state index in [1.54, 1.807) is 12.1 Å². The Balaban J connectivity index is 2.19. The third-order valence-corrected chi connectivity index (χ3v) is 2.98. The van der Waals surface area contributed by atoms with E-state index in [-0.39, 0.29) is 11.7 Å². The number of aryl methyl sites for hydroxylation is 1. The highest BCUT2D eigenvalue weighted by Crippen LogP contribution is 2.19. The summed E-state index contributed by atoms with van der Waals surface area (Å²) in [5.41, 5.74) is 8.58. The van der Waals surface area contributed by atoms with Crippen LogP contribution in [0.15, 0.2) is 36.9 Å². The van der Waals surface area contributed by atoms with Gasteiger partial charge in [-0.15, -0.1) is 6.58 Å². The number of aromatic nitrogens is 2. The molecule has 0 amide bonds. The Morgan fingerprint density at radius 2 is 2.00 bits per heavy atom. The number of allylic oxidation sites excluding steroid dienone is 1. The highest BCUT2D eigenvalue weighted by Gasteiger charge is 2.09. The first-order chi connectivity index (χ1) is 9.60. The maximum absolute atomic E-state index is 9.26. The third-order valence-electron chi connectivity index (χ3n) is 2.98.